The van der Waals surface area contributed by atoms with E-state index in [2.05, 4.69) is 4.72 Å². The predicted molar refractivity (Wildman–Crippen MR) is 81.5 cm³/mol. The van der Waals surface area contributed by atoms with Crippen LogP contribution in [0.4, 0.5) is 0 Å². The van der Waals surface area contributed by atoms with E-state index in [0.29, 0.717) is 18.7 Å². The Hall–Kier alpha value is -1.40. The maximum atomic E-state index is 12.5. The highest BCUT2D eigenvalue weighted by molar-refractivity contribution is 7.89. The van der Waals surface area contributed by atoms with Gasteiger partial charge in [-0.2, -0.15) is 4.72 Å². The van der Waals surface area contributed by atoms with E-state index in [1.54, 1.807) is 30.9 Å². The number of rotatable bonds is 4. The van der Waals surface area contributed by atoms with Crippen LogP contribution >= 0.6 is 0 Å². The zero-order chi connectivity index (χ0) is 15.6. The summed E-state index contributed by atoms with van der Waals surface area (Å²) < 4.78 is 27.4. The molecule has 1 N–H and O–H groups in total. The average molecular weight is 310 g/mol. The van der Waals surface area contributed by atoms with Crippen molar-refractivity contribution in [2.75, 3.05) is 13.1 Å². The Labute approximate surface area is 126 Å². The van der Waals surface area contributed by atoms with E-state index in [0.717, 1.165) is 18.4 Å². The molecule has 116 valence electrons. The summed E-state index contributed by atoms with van der Waals surface area (Å²) in [4.78, 5) is 14.2. The lowest BCUT2D eigenvalue weighted by Crippen LogP contribution is -2.45. The number of hydrogen-bond acceptors (Lipinski definition) is 3. The summed E-state index contributed by atoms with van der Waals surface area (Å²) >= 11 is 0. The fraction of sp³-hybridized carbons (Fsp3) is 0.533. The van der Waals surface area contributed by atoms with Crippen molar-refractivity contribution in [3.63, 3.8) is 0 Å². The Morgan fingerprint density at radius 2 is 1.86 bits per heavy atom. The molecule has 2 rings (SSSR count). The summed E-state index contributed by atoms with van der Waals surface area (Å²) in [6, 6.07) is 4.53. The molecule has 1 amide bonds. The molecule has 21 heavy (non-hydrogen) atoms. The van der Waals surface area contributed by atoms with Crippen molar-refractivity contribution in [1.29, 1.82) is 0 Å². The first-order chi connectivity index (χ1) is 9.81. The summed E-state index contributed by atoms with van der Waals surface area (Å²) in [5, 5.41) is 0. The number of likely N-dealkylation sites (tertiary alicyclic amines) is 1. The second kappa shape index (κ2) is 6.15. The molecular weight excluding hydrogens is 288 g/mol. The van der Waals surface area contributed by atoms with Crippen molar-refractivity contribution in [1.82, 2.24) is 9.62 Å². The second-order valence-electron chi connectivity index (χ2n) is 5.64. The molecule has 1 unspecified atom stereocenters. The molecule has 5 nitrogen and oxygen atoms in total. The molecule has 1 atom stereocenters. The highest BCUT2D eigenvalue weighted by atomic mass is 32.2. The van der Waals surface area contributed by atoms with Gasteiger partial charge in [0.05, 0.1) is 10.9 Å². The molecule has 6 heteroatoms. The third kappa shape index (κ3) is 3.63. The van der Waals surface area contributed by atoms with Gasteiger partial charge in [-0.1, -0.05) is 12.1 Å². The number of amides is 1. The van der Waals surface area contributed by atoms with E-state index in [-0.39, 0.29) is 10.8 Å². The smallest absolute Gasteiger partial charge is 0.241 e. The molecule has 1 saturated heterocycles. The highest BCUT2D eigenvalue weighted by Crippen LogP contribution is 2.17. The SMILES string of the molecule is Cc1ccc(C)c(S(=O)(=O)NC(C)C(=O)N2CCCC2)c1. The number of benzene rings is 1. The van der Waals surface area contributed by atoms with Gasteiger partial charge in [0.1, 0.15) is 0 Å². The van der Waals surface area contributed by atoms with Gasteiger partial charge in [0, 0.05) is 13.1 Å². The number of nitrogens with one attached hydrogen (secondary N) is 1. The van der Waals surface area contributed by atoms with Crippen LogP contribution in [0, 0.1) is 13.8 Å². The van der Waals surface area contributed by atoms with Crippen LogP contribution in [-0.2, 0) is 14.8 Å². The fourth-order valence-corrected chi connectivity index (χ4v) is 4.08. The van der Waals surface area contributed by atoms with Gasteiger partial charge in [-0.15, -0.1) is 0 Å². The molecule has 0 radical (unpaired) electrons. The summed E-state index contributed by atoms with van der Waals surface area (Å²) in [5.41, 5.74) is 1.55. The average Bonchev–Trinajstić information content (AvgIpc) is 2.94. The minimum Gasteiger partial charge on any atom is -0.341 e. The van der Waals surface area contributed by atoms with Crippen LogP contribution < -0.4 is 4.72 Å². The minimum atomic E-state index is -3.68. The van der Waals surface area contributed by atoms with Gasteiger partial charge >= 0.3 is 0 Å². The molecule has 1 aromatic rings. The molecule has 1 fully saturated rings. The monoisotopic (exact) mass is 310 g/mol. The van der Waals surface area contributed by atoms with Gasteiger partial charge in [-0.05, 0) is 50.8 Å². The maximum Gasteiger partial charge on any atom is 0.241 e. The van der Waals surface area contributed by atoms with Gasteiger partial charge < -0.3 is 4.90 Å². The van der Waals surface area contributed by atoms with Crippen molar-refractivity contribution in [2.45, 2.75) is 44.6 Å². The van der Waals surface area contributed by atoms with Gasteiger partial charge in [-0.3, -0.25) is 4.79 Å². The first-order valence-corrected chi connectivity index (χ1v) is 8.68. The Morgan fingerprint density at radius 1 is 1.24 bits per heavy atom. The Morgan fingerprint density at radius 3 is 2.48 bits per heavy atom. The minimum absolute atomic E-state index is 0.151. The van der Waals surface area contributed by atoms with Crippen LogP contribution in [0.1, 0.15) is 30.9 Å². The lowest BCUT2D eigenvalue weighted by atomic mass is 10.2. The van der Waals surface area contributed by atoms with Crippen LogP contribution in [0.25, 0.3) is 0 Å². The molecule has 1 heterocycles. The molecule has 0 saturated carbocycles. The quantitative estimate of drug-likeness (QED) is 0.918. The maximum absolute atomic E-state index is 12.5. The van der Waals surface area contributed by atoms with E-state index >= 15 is 0 Å². The number of carbonyl (C=O) groups excluding carboxylic acids is 1. The fourth-order valence-electron chi connectivity index (χ4n) is 2.55. The summed E-state index contributed by atoms with van der Waals surface area (Å²) in [6.45, 7) is 6.63. The number of aryl methyl sites for hydroxylation is 2. The molecule has 0 aromatic heterocycles. The molecule has 0 bridgehead atoms. The summed E-state index contributed by atoms with van der Waals surface area (Å²) in [6.07, 6.45) is 1.98. The van der Waals surface area contributed by atoms with Gasteiger partial charge in [0.25, 0.3) is 0 Å². The van der Waals surface area contributed by atoms with Crippen LogP contribution in [0.15, 0.2) is 23.1 Å². The van der Waals surface area contributed by atoms with Crippen LogP contribution in [0.5, 0.6) is 0 Å². The summed E-state index contributed by atoms with van der Waals surface area (Å²) in [7, 11) is -3.68. The number of hydrogen-bond donors (Lipinski definition) is 1. The number of sulfonamides is 1. The third-order valence-electron chi connectivity index (χ3n) is 3.75. The molecule has 0 spiro atoms. The number of nitrogens with zero attached hydrogens (tertiary/aromatic N) is 1. The van der Waals surface area contributed by atoms with E-state index < -0.39 is 16.1 Å². The largest absolute Gasteiger partial charge is 0.341 e. The normalized spacial score (nSPS) is 17.0. The molecular formula is C15H22N2O3S. The van der Waals surface area contributed by atoms with Gasteiger partial charge in [0.15, 0.2) is 0 Å². The van der Waals surface area contributed by atoms with Crippen molar-refractivity contribution in [3.8, 4) is 0 Å². The molecule has 1 aromatic carbocycles. The molecule has 1 aliphatic rings. The van der Waals surface area contributed by atoms with Crippen molar-refractivity contribution < 1.29 is 13.2 Å². The zero-order valence-electron chi connectivity index (χ0n) is 12.7. The standard InChI is InChI=1S/C15H22N2O3S/c1-11-6-7-12(2)14(10-11)21(19,20)16-13(3)15(18)17-8-4-5-9-17/h6-7,10,13,16H,4-5,8-9H2,1-3H3. The van der Waals surface area contributed by atoms with Crippen LogP contribution in [0.3, 0.4) is 0 Å². The number of carbonyl (C=O) groups is 1. The van der Waals surface area contributed by atoms with E-state index in [4.69, 9.17) is 0 Å². The zero-order valence-corrected chi connectivity index (χ0v) is 13.5. The Kier molecular flexibility index (Phi) is 4.68. The molecule has 1 aliphatic heterocycles. The molecule has 0 aliphatic carbocycles. The lowest BCUT2D eigenvalue weighted by molar-refractivity contribution is -0.131. The third-order valence-corrected chi connectivity index (χ3v) is 5.44. The van der Waals surface area contributed by atoms with Crippen LogP contribution in [0.2, 0.25) is 0 Å². The van der Waals surface area contributed by atoms with Gasteiger partial charge in [0.2, 0.25) is 15.9 Å². The highest BCUT2D eigenvalue weighted by Gasteiger charge is 2.28. The van der Waals surface area contributed by atoms with Crippen molar-refractivity contribution in [2.24, 2.45) is 0 Å². The van der Waals surface area contributed by atoms with Gasteiger partial charge in [-0.25, -0.2) is 8.42 Å². The second-order valence-corrected chi connectivity index (χ2v) is 7.33. The predicted octanol–water partition coefficient (Wildman–Crippen LogP) is 1.59. The van der Waals surface area contributed by atoms with Crippen molar-refractivity contribution >= 4 is 15.9 Å². The first-order valence-electron chi connectivity index (χ1n) is 7.19. The topological polar surface area (TPSA) is 66.5 Å². The van der Waals surface area contributed by atoms with E-state index in [1.807, 2.05) is 13.0 Å². The van der Waals surface area contributed by atoms with Crippen LogP contribution in [-0.4, -0.2) is 38.4 Å². The Balaban J connectivity index is 2.16. The lowest BCUT2D eigenvalue weighted by Gasteiger charge is -2.21. The van der Waals surface area contributed by atoms with E-state index in [1.165, 1.54) is 0 Å². The first kappa shape index (κ1) is 16.0. The Bertz CT molecular complexity index is 634. The van der Waals surface area contributed by atoms with E-state index in [9.17, 15) is 13.2 Å². The van der Waals surface area contributed by atoms with Crippen molar-refractivity contribution in [3.05, 3.63) is 29.3 Å². The summed E-state index contributed by atoms with van der Waals surface area (Å²) in [5.74, 6) is -0.151.